The van der Waals surface area contributed by atoms with Crippen LogP contribution >= 0.6 is 31.9 Å². The zero-order valence-corrected chi connectivity index (χ0v) is 13.1. The fraction of sp³-hybridized carbons (Fsp3) is 0.500. The first-order chi connectivity index (χ1) is 7.99. The van der Waals surface area contributed by atoms with Crippen LogP contribution in [0.1, 0.15) is 13.8 Å². The van der Waals surface area contributed by atoms with Gasteiger partial charge in [0.25, 0.3) is 0 Å². The Bertz CT molecular complexity index is 358. The van der Waals surface area contributed by atoms with Crippen molar-refractivity contribution in [1.29, 1.82) is 0 Å². The summed E-state index contributed by atoms with van der Waals surface area (Å²) in [7, 11) is 0. The largest absolute Gasteiger partial charge is 0.490 e. The van der Waals surface area contributed by atoms with Crippen molar-refractivity contribution < 1.29 is 9.84 Å². The normalized spacial score (nSPS) is 12.8. The van der Waals surface area contributed by atoms with Crippen molar-refractivity contribution in [2.45, 2.75) is 26.0 Å². The highest BCUT2D eigenvalue weighted by Crippen LogP contribution is 2.28. The molecule has 0 radical (unpaired) electrons. The molecule has 0 aliphatic rings. The molecule has 1 rings (SSSR count). The van der Waals surface area contributed by atoms with Crippen LogP contribution in [-0.2, 0) is 0 Å². The van der Waals surface area contributed by atoms with Gasteiger partial charge in [-0.05, 0) is 34.1 Å². The summed E-state index contributed by atoms with van der Waals surface area (Å²) in [5.41, 5.74) is 0. The number of ether oxygens (including phenoxy) is 1. The summed E-state index contributed by atoms with van der Waals surface area (Å²) in [5.74, 6) is 0.733. The molecule has 5 heteroatoms. The third-order valence-corrected chi connectivity index (χ3v) is 3.20. The SMILES string of the molecule is CC(C)NC[C@@H](O)COc1ccc(Br)cc1Br. The second-order valence-electron chi connectivity index (χ2n) is 4.10. The number of rotatable bonds is 6. The van der Waals surface area contributed by atoms with E-state index >= 15 is 0 Å². The minimum atomic E-state index is -0.507. The second kappa shape index (κ2) is 7.36. The van der Waals surface area contributed by atoms with Crippen molar-refractivity contribution in [3.05, 3.63) is 27.1 Å². The van der Waals surface area contributed by atoms with E-state index in [2.05, 4.69) is 37.2 Å². The van der Waals surface area contributed by atoms with Crippen LogP contribution in [0.5, 0.6) is 5.75 Å². The predicted octanol–water partition coefficient (Wildman–Crippen LogP) is 2.95. The van der Waals surface area contributed by atoms with Gasteiger partial charge in [0, 0.05) is 17.1 Å². The Morgan fingerprint density at radius 2 is 2.06 bits per heavy atom. The number of nitrogens with one attached hydrogen (secondary N) is 1. The maximum atomic E-state index is 9.69. The lowest BCUT2D eigenvalue weighted by molar-refractivity contribution is 0.104. The van der Waals surface area contributed by atoms with E-state index in [4.69, 9.17) is 4.74 Å². The van der Waals surface area contributed by atoms with Gasteiger partial charge in [0.15, 0.2) is 0 Å². The van der Waals surface area contributed by atoms with E-state index in [0.29, 0.717) is 12.6 Å². The van der Waals surface area contributed by atoms with Gasteiger partial charge < -0.3 is 15.2 Å². The first-order valence-corrected chi connectivity index (χ1v) is 7.07. The molecule has 0 aliphatic carbocycles. The molecule has 0 saturated heterocycles. The summed E-state index contributed by atoms with van der Waals surface area (Å²) in [5, 5.41) is 12.8. The smallest absolute Gasteiger partial charge is 0.133 e. The fourth-order valence-corrected chi connectivity index (χ4v) is 2.37. The molecule has 0 aliphatic heterocycles. The van der Waals surface area contributed by atoms with Crippen LogP contribution < -0.4 is 10.1 Å². The van der Waals surface area contributed by atoms with Crippen molar-refractivity contribution in [2.75, 3.05) is 13.2 Å². The van der Waals surface area contributed by atoms with E-state index in [1.807, 2.05) is 32.0 Å². The van der Waals surface area contributed by atoms with Gasteiger partial charge in [-0.2, -0.15) is 0 Å². The number of benzene rings is 1. The maximum absolute atomic E-state index is 9.69. The third-order valence-electron chi connectivity index (χ3n) is 2.09. The van der Waals surface area contributed by atoms with E-state index in [1.165, 1.54) is 0 Å². The topological polar surface area (TPSA) is 41.5 Å². The van der Waals surface area contributed by atoms with Crippen molar-refractivity contribution in [3.8, 4) is 5.75 Å². The summed E-state index contributed by atoms with van der Waals surface area (Å²) in [6, 6.07) is 6.04. The van der Waals surface area contributed by atoms with Gasteiger partial charge in [0.2, 0.25) is 0 Å². The molecule has 0 saturated carbocycles. The van der Waals surface area contributed by atoms with Crippen LogP contribution in [0.4, 0.5) is 0 Å². The minimum absolute atomic E-state index is 0.278. The molecule has 0 unspecified atom stereocenters. The summed E-state index contributed by atoms with van der Waals surface area (Å²) >= 11 is 6.78. The Morgan fingerprint density at radius 3 is 2.65 bits per heavy atom. The molecule has 3 nitrogen and oxygen atoms in total. The Morgan fingerprint density at radius 1 is 1.35 bits per heavy atom. The van der Waals surface area contributed by atoms with Crippen LogP contribution in [0, 0.1) is 0 Å². The van der Waals surface area contributed by atoms with Crippen LogP contribution in [0.25, 0.3) is 0 Å². The standard InChI is InChI=1S/C12H17Br2NO2/c1-8(2)15-6-10(16)7-17-12-4-3-9(13)5-11(12)14/h3-5,8,10,15-16H,6-7H2,1-2H3/t10-/m1/s1. The Kier molecular flexibility index (Phi) is 6.48. The zero-order valence-electron chi connectivity index (χ0n) is 9.91. The molecular weight excluding hydrogens is 350 g/mol. The number of hydrogen-bond donors (Lipinski definition) is 2. The van der Waals surface area contributed by atoms with E-state index < -0.39 is 6.10 Å². The average Bonchev–Trinajstić information content (AvgIpc) is 2.25. The molecule has 1 aromatic carbocycles. The van der Waals surface area contributed by atoms with E-state index in [0.717, 1.165) is 14.7 Å². The van der Waals surface area contributed by atoms with Crippen molar-refractivity contribution in [2.24, 2.45) is 0 Å². The van der Waals surface area contributed by atoms with Crippen LogP contribution in [0.3, 0.4) is 0 Å². The molecule has 0 fully saturated rings. The highest BCUT2D eigenvalue weighted by molar-refractivity contribution is 9.11. The Labute approximate surface area is 119 Å². The van der Waals surface area contributed by atoms with Gasteiger partial charge in [-0.25, -0.2) is 0 Å². The monoisotopic (exact) mass is 365 g/mol. The molecule has 1 atom stereocenters. The number of aliphatic hydroxyl groups excluding tert-OH is 1. The quantitative estimate of drug-likeness (QED) is 0.813. The number of aliphatic hydroxyl groups is 1. The average molecular weight is 367 g/mol. The molecule has 17 heavy (non-hydrogen) atoms. The van der Waals surface area contributed by atoms with Gasteiger partial charge in [-0.1, -0.05) is 29.8 Å². The van der Waals surface area contributed by atoms with Gasteiger partial charge in [-0.3, -0.25) is 0 Å². The van der Waals surface area contributed by atoms with Gasteiger partial charge in [0.1, 0.15) is 18.5 Å². The van der Waals surface area contributed by atoms with Crippen molar-refractivity contribution in [3.63, 3.8) is 0 Å². The summed E-state index contributed by atoms with van der Waals surface area (Å²) in [4.78, 5) is 0. The van der Waals surface area contributed by atoms with Crippen LogP contribution in [-0.4, -0.2) is 30.4 Å². The molecule has 0 spiro atoms. The van der Waals surface area contributed by atoms with Gasteiger partial charge in [0.05, 0.1) is 4.47 Å². The first-order valence-electron chi connectivity index (χ1n) is 5.48. The van der Waals surface area contributed by atoms with Crippen LogP contribution in [0.2, 0.25) is 0 Å². The molecule has 0 amide bonds. The number of hydrogen-bond acceptors (Lipinski definition) is 3. The summed E-state index contributed by atoms with van der Waals surface area (Å²) in [6.07, 6.45) is -0.507. The second-order valence-corrected chi connectivity index (χ2v) is 5.87. The highest BCUT2D eigenvalue weighted by Gasteiger charge is 2.07. The molecule has 0 aromatic heterocycles. The molecule has 1 aromatic rings. The van der Waals surface area contributed by atoms with E-state index in [9.17, 15) is 5.11 Å². The van der Waals surface area contributed by atoms with Gasteiger partial charge in [-0.15, -0.1) is 0 Å². The summed E-state index contributed by atoms with van der Waals surface area (Å²) < 4.78 is 7.38. The fourth-order valence-electron chi connectivity index (χ4n) is 1.21. The lowest BCUT2D eigenvalue weighted by Gasteiger charge is -2.15. The molecular formula is C12H17Br2NO2. The zero-order chi connectivity index (χ0) is 12.8. The molecule has 0 heterocycles. The predicted molar refractivity (Wildman–Crippen MR) is 76.5 cm³/mol. The third kappa shape index (κ3) is 5.86. The molecule has 96 valence electrons. The lowest BCUT2D eigenvalue weighted by atomic mass is 10.3. The van der Waals surface area contributed by atoms with E-state index in [-0.39, 0.29) is 6.61 Å². The van der Waals surface area contributed by atoms with E-state index in [1.54, 1.807) is 0 Å². The van der Waals surface area contributed by atoms with Gasteiger partial charge >= 0.3 is 0 Å². The lowest BCUT2D eigenvalue weighted by Crippen LogP contribution is -2.35. The first kappa shape index (κ1) is 15.0. The van der Waals surface area contributed by atoms with Crippen molar-refractivity contribution in [1.82, 2.24) is 5.32 Å². The van der Waals surface area contributed by atoms with Crippen molar-refractivity contribution >= 4 is 31.9 Å². The Hall–Kier alpha value is -0.100. The maximum Gasteiger partial charge on any atom is 0.133 e. The van der Waals surface area contributed by atoms with Crippen LogP contribution in [0.15, 0.2) is 27.1 Å². The Balaban J connectivity index is 2.39. The highest BCUT2D eigenvalue weighted by atomic mass is 79.9. The minimum Gasteiger partial charge on any atom is -0.490 e. The molecule has 2 N–H and O–H groups in total. The summed E-state index contributed by atoms with van der Waals surface area (Å²) in [6.45, 7) is 4.89. The molecule has 0 bridgehead atoms. The number of halogens is 2.